The first kappa shape index (κ1) is 14.8. The van der Waals surface area contributed by atoms with E-state index in [2.05, 4.69) is 29.4 Å². The number of nitriles is 1. The van der Waals surface area contributed by atoms with Crippen molar-refractivity contribution in [3.05, 3.63) is 59.8 Å². The van der Waals surface area contributed by atoms with Gasteiger partial charge in [0.05, 0.1) is 12.8 Å². The number of hydrogen-bond acceptors (Lipinski definition) is 4. The standard InChI is InChI=1S/C18H16N4O/c1-3-13-7-4-5-10-17(13)22-18(16(12-19)20-21-22)14-8-6-9-15(11-14)23-2/h4-11H,3H2,1-2H3. The maximum Gasteiger partial charge on any atom is 0.191 e. The van der Waals surface area contributed by atoms with Crippen LogP contribution in [0.5, 0.6) is 5.75 Å². The molecule has 0 atom stereocenters. The largest absolute Gasteiger partial charge is 0.497 e. The van der Waals surface area contributed by atoms with Gasteiger partial charge in [-0.3, -0.25) is 0 Å². The monoisotopic (exact) mass is 304 g/mol. The molecule has 0 aliphatic carbocycles. The Bertz CT molecular complexity index is 877. The summed E-state index contributed by atoms with van der Waals surface area (Å²) in [5.74, 6) is 0.725. The summed E-state index contributed by atoms with van der Waals surface area (Å²) in [5.41, 5.74) is 3.89. The minimum Gasteiger partial charge on any atom is -0.497 e. The molecular weight excluding hydrogens is 288 g/mol. The van der Waals surface area contributed by atoms with Gasteiger partial charge in [-0.25, -0.2) is 4.68 Å². The molecule has 0 fully saturated rings. The van der Waals surface area contributed by atoms with Crippen LogP contribution in [-0.2, 0) is 6.42 Å². The number of aryl methyl sites for hydroxylation is 1. The van der Waals surface area contributed by atoms with Crippen molar-refractivity contribution in [1.29, 1.82) is 5.26 Å². The molecule has 0 spiro atoms. The Balaban J connectivity index is 2.24. The van der Waals surface area contributed by atoms with Crippen LogP contribution in [0.25, 0.3) is 16.9 Å². The summed E-state index contributed by atoms with van der Waals surface area (Å²) in [5, 5.41) is 17.6. The van der Waals surface area contributed by atoms with E-state index in [-0.39, 0.29) is 0 Å². The highest BCUT2D eigenvalue weighted by Gasteiger charge is 2.18. The predicted octanol–water partition coefficient (Wildman–Crippen LogP) is 3.38. The smallest absolute Gasteiger partial charge is 0.191 e. The van der Waals surface area contributed by atoms with E-state index in [1.165, 1.54) is 0 Å². The number of para-hydroxylation sites is 1. The summed E-state index contributed by atoms with van der Waals surface area (Å²) < 4.78 is 7.01. The molecule has 0 aliphatic heterocycles. The van der Waals surface area contributed by atoms with Gasteiger partial charge in [-0.1, -0.05) is 42.5 Å². The van der Waals surface area contributed by atoms with Crippen LogP contribution in [0.2, 0.25) is 0 Å². The van der Waals surface area contributed by atoms with Crippen molar-refractivity contribution in [2.75, 3.05) is 7.11 Å². The molecule has 5 nitrogen and oxygen atoms in total. The van der Waals surface area contributed by atoms with Gasteiger partial charge < -0.3 is 4.74 Å². The lowest BCUT2D eigenvalue weighted by Gasteiger charge is -2.11. The third-order valence-electron chi connectivity index (χ3n) is 3.72. The van der Waals surface area contributed by atoms with Crippen LogP contribution < -0.4 is 4.74 Å². The van der Waals surface area contributed by atoms with Crippen LogP contribution in [0.3, 0.4) is 0 Å². The Morgan fingerprint density at radius 1 is 1.17 bits per heavy atom. The molecular formula is C18H16N4O. The van der Waals surface area contributed by atoms with Gasteiger partial charge in [-0.05, 0) is 30.2 Å². The Kier molecular flexibility index (Phi) is 4.07. The van der Waals surface area contributed by atoms with Gasteiger partial charge in [-0.15, -0.1) is 5.10 Å². The summed E-state index contributed by atoms with van der Waals surface area (Å²) in [6.45, 7) is 2.09. The van der Waals surface area contributed by atoms with Crippen molar-refractivity contribution in [2.45, 2.75) is 13.3 Å². The Morgan fingerprint density at radius 2 is 2.00 bits per heavy atom. The van der Waals surface area contributed by atoms with Gasteiger partial charge in [0.25, 0.3) is 0 Å². The molecule has 0 saturated carbocycles. The Hall–Kier alpha value is -3.13. The van der Waals surface area contributed by atoms with E-state index in [0.29, 0.717) is 11.4 Å². The third-order valence-corrected chi connectivity index (χ3v) is 3.72. The second-order valence-electron chi connectivity index (χ2n) is 5.02. The van der Waals surface area contributed by atoms with Crippen LogP contribution in [0, 0.1) is 11.3 Å². The average molecular weight is 304 g/mol. The number of hydrogen-bond donors (Lipinski definition) is 0. The molecule has 0 saturated heterocycles. The number of rotatable bonds is 4. The number of nitrogens with zero attached hydrogens (tertiary/aromatic N) is 4. The molecule has 0 aliphatic rings. The molecule has 0 unspecified atom stereocenters. The van der Waals surface area contributed by atoms with Gasteiger partial charge in [0.1, 0.15) is 17.5 Å². The van der Waals surface area contributed by atoms with Gasteiger partial charge in [0.2, 0.25) is 0 Å². The molecule has 3 aromatic rings. The highest BCUT2D eigenvalue weighted by atomic mass is 16.5. The van der Waals surface area contributed by atoms with Crippen molar-refractivity contribution in [3.8, 4) is 28.8 Å². The van der Waals surface area contributed by atoms with E-state index in [9.17, 15) is 5.26 Å². The molecule has 0 radical (unpaired) electrons. The Labute approximate surface area is 134 Å². The van der Waals surface area contributed by atoms with E-state index in [1.54, 1.807) is 11.8 Å². The second-order valence-corrected chi connectivity index (χ2v) is 5.02. The van der Waals surface area contributed by atoms with E-state index in [1.807, 2.05) is 42.5 Å². The van der Waals surface area contributed by atoms with Crippen LogP contribution >= 0.6 is 0 Å². The second kappa shape index (κ2) is 6.32. The Morgan fingerprint density at radius 3 is 2.74 bits per heavy atom. The molecule has 3 rings (SSSR count). The van der Waals surface area contributed by atoms with Gasteiger partial charge >= 0.3 is 0 Å². The molecule has 114 valence electrons. The normalized spacial score (nSPS) is 10.3. The molecule has 1 heterocycles. The van der Waals surface area contributed by atoms with Crippen molar-refractivity contribution in [3.63, 3.8) is 0 Å². The van der Waals surface area contributed by atoms with Crippen LogP contribution in [0.15, 0.2) is 48.5 Å². The first-order valence-corrected chi connectivity index (χ1v) is 7.37. The molecule has 0 N–H and O–H groups in total. The first-order chi connectivity index (χ1) is 11.3. The lowest BCUT2D eigenvalue weighted by molar-refractivity contribution is 0.415. The zero-order chi connectivity index (χ0) is 16.2. The lowest BCUT2D eigenvalue weighted by Crippen LogP contribution is -2.03. The fraction of sp³-hybridized carbons (Fsp3) is 0.167. The van der Waals surface area contributed by atoms with Crippen molar-refractivity contribution < 1.29 is 4.74 Å². The van der Waals surface area contributed by atoms with Crippen LogP contribution in [-0.4, -0.2) is 22.1 Å². The van der Waals surface area contributed by atoms with Crippen LogP contribution in [0.1, 0.15) is 18.2 Å². The van der Waals surface area contributed by atoms with Crippen molar-refractivity contribution in [2.24, 2.45) is 0 Å². The average Bonchev–Trinajstić information content (AvgIpc) is 3.05. The fourth-order valence-electron chi connectivity index (χ4n) is 2.57. The van der Waals surface area contributed by atoms with Gasteiger partial charge in [-0.2, -0.15) is 5.26 Å². The molecule has 1 aromatic heterocycles. The third kappa shape index (κ3) is 2.67. The minimum atomic E-state index is 0.296. The maximum absolute atomic E-state index is 9.40. The minimum absolute atomic E-state index is 0.296. The zero-order valence-electron chi connectivity index (χ0n) is 13.0. The maximum atomic E-state index is 9.40. The molecule has 23 heavy (non-hydrogen) atoms. The van der Waals surface area contributed by atoms with Crippen LogP contribution in [0.4, 0.5) is 0 Å². The van der Waals surface area contributed by atoms with E-state index in [0.717, 1.165) is 29.0 Å². The number of benzene rings is 2. The molecule has 2 aromatic carbocycles. The molecule has 5 heteroatoms. The van der Waals surface area contributed by atoms with Crippen molar-refractivity contribution in [1.82, 2.24) is 15.0 Å². The topological polar surface area (TPSA) is 63.7 Å². The van der Waals surface area contributed by atoms with Crippen molar-refractivity contribution >= 4 is 0 Å². The summed E-state index contributed by atoms with van der Waals surface area (Å²) in [6, 6.07) is 17.7. The zero-order valence-corrected chi connectivity index (χ0v) is 13.0. The number of ether oxygens (including phenoxy) is 1. The van der Waals surface area contributed by atoms with E-state index in [4.69, 9.17) is 4.74 Å². The SMILES string of the molecule is CCc1ccccc1-n1nnc(C#N)c1-c1cccc(OC)c1. The predicted molar refractivity (Wildman–Crippen MR) is 87.4 cm³/mol. The molecule has 0 amide bonds. The highest BCUT2D eigenvalue weighted by Crippen LogP contribution is 2.29. The van der Waals surface area contributed by atoms with E-state index >= 15 is 0 Å². The fourth-order valence-corrected chi connectivity index (χ4v) is 2.57. The number of methoxy groups -OCH3 is 1. The van der Waals surface area contributed by atoms with Gasteiger partial charge in [0, 0.05) is 5.56 Å². The van der Waals surface area contributed by atoms with E-state index < -0.39 is 0 Å². The first-order valence-electron chi connectivity index (χ1n) is 7.37. The number of aromatic nitrogens is 3. The summed E-state index contributed by atoms with van der Waals surface area (Å²) in [6.07, 6.45) is 0.871. The lowest BCUT2D eigenvalue weighted by atomic mass is 10.1. The summed E-state index contributed by atoms with van der Waals surface area (Å²) in [4.78, 5) is 0. The molecule has 0 bridgehead atoms. The summed E-state index contributed by atoms with van der Waals surface area (Å²) in [7, 11) is 1.62. The van der Waals surface area contributed by atoms with Gasteiger partial charge in [0.15, 0.2) is 5.69 Å². The highest BCUT2D eigenvalue weighted by molar-refractivity contribution is 5.68. The quantitative estimate of drug-likeness (QED) is 0.741. The summed E-state index contributed by atoms with van der Waals surface area (Å²) >= 11 is 0.